The minimum atomic E-state index is -0.873. The highest BCUT2D eigenvalue weighted by Crippen LogP contribution is 2.22. The number of aliphatic carboxylic acids is 1. The molecule has 0 radical (unpaired) electrons. The van der Waals surface area contributed by atoms with Crippen LogP contribution in [0.15, 0.2) is 0 Å². The number of unbranched alkanes of at least 4 members (excludes halogenated alkanes) is 1. The molecule has 2 atom stereocenters. The topological polar surface area (TPSA) is 40.1 Å². The third-order valence-electron chi connectivity index (χ3n) is 2.99. The molecule has 2 nitrogen and oxygen atoms in total. The summed E-state index contributed by atoms with van der Waals surface area (Å²) in [6.07, 6.45) is 6.15. The Morgan fingerprint density at radius 1 is 1.21 bits per heavy atom. The largest absolute Gasteiger partial charge is 0.550 e. The lowest BCUT2D eigenvalue weighted by Gasteiger charge is -2.22. The second kappa shape index (κ2) is 7.84. The van der Waals surface area contributed by atoms with Gasteiger partial charge >= 0.3 is 0 Å². The molecule has 0 aromatic carbocycles. The van der Waals surface area contributed by atoms with Crippen molar-refractivity contribution in [3.8, 4) is 0 Å². The van der Waals surface area contributed by atoms with E-state index >= 15 is 0 Å². The van der Waals surface area contributed by atoms with Crippen LogP contribution in [-0.2, 0) is 4.79 Å². The quantitative estimate of drug-likeness (QED) is 0.602. The van der Waals surface area contributed by atoms with Gasteiger partial charge in [-0.25, -0.2) is 0 Å². The van der Waals surface area contributed by atoms with Crippen LogP contribution in [0.25, 0.3) is 0 Å². The summed E-state index contributed by atoms with van der Waals surface area (Å²) in [6, 6.07) is 0. The fourth-order valence-corrected chi connectivity index (χ4v) is 1.81. The average Bonchev–Trinajstić information content (AvgIpc) is 2.18. The lowest BCUT2D eigenvalue weighted by Crippen LogP contribution is -2.32. The van der Waals surface area contributed by atoms with Gasteiger partial charge in [0.15, 0.2) is 0 Å². The zero-order chi connectivity index (χ0) is 11.0. The Labute approximate surface area is 87.7 Å². The summed E-state index contributed by atoms with van der Waals surface area (Å²) in [4.78, 5) is 10.7. The minimum absolute atomic E-state index is 0.239. The Morgan fingerprint density at radius 2 is 1.86 bits per heavy atom. The van der Waals surface area contributed by atoms with E-state index in [0.717, 1.165) is 19.3 Å². The van der Waals surface area contributed by atoms with Crippen molar-refractivity contribution in [2.45, 2.75) is 59.3 Å². The summed E-state index contributed by atoms with van der Waals surface area (Å²) in [5.41, 5.74) is 0. The molecule has 0 spiro atoms. The monoisotopic (exact) mass is 199 g/mol. The van der Waals surface area contributed by atoms with Crippen LogP contribution in [0.1, 0.15) is 59.3 Å². The van der Waals surface area contributed by atoms with Crippen LogP contribution in [0.4, 0.5) is 0 Å². The molecule has 0 bridgehead atoms. The lowest BCUT2D eigenvalue weighted by atomic mass is 9.87. The molecule has 84 valence electrons. The molecule has 0 aromatic rings. The number of carbonyl (C=O) groups is 1. The molecule has 2 heteroatoms. The third-order valence-corrected chi connectivity index (χ3v) is 2.99. The Morgan fingerprint density at radius 3 is 2.21 bits per heavy atom. The van der Waals surface area contributed by atoms with Crippen molar-refractivity contribution in [3.05, 3.63) is 0 Å². The summed E-state index contributed by atoms with van der Waals surface area (Å²) in [6.45, 7) is 6.23. The van der Waals surface area contributed by atoms with E-state index in [1.807, 2.05) is 6.92 Å². The molecule has 0 saturated heterocycles. The van der Waals surface area contributed by atoms with E-state index in [1.165, 1.54) is 12.8 Å². The summed E-state index contributed by atoms with van der Waals surface area (Å²) in [7, 11) is 0. The van der Waals surface area contributed by atoms with Crippen LogP contribution in [0.2, 0.25) is 0 Å². The van der Waals surface area contributed by atoms with Gasteiger partial charge in [-0.15, -0.1) is 0 Å². The first-order valence-corrected chi connectivity index (χ1v) is 5.86. The van der Waals surface area contributed by atoms with E-state index < -0.39 is 5.97 Å². The van der Waals surface area contributed by atoms with Crippen LogP contribution in [0, 0.1) is 11.8 Å². The fourth-order valence-electron chi connectivity index (χ4n) is 1.81. The van der Waals surface area contributed by atoms with Gasteiger partial charge in [-0.1, -0.05) is 46.5 Å². The second-order valence-corrected chi connectivity index (χ2v) is 4.08. The predicted octanol–water partition coefficient (Wildman–Crippen LogP) is 2.37. The van der Waals surface area contributed by atoms with Crippen molar-refractivity contribution in [2.24, 2.45) is 11.8 Å². The van der Waals surface area contributed by atoms with E-state index in [4.69, 9.17) is 0 Å². The van der Waals surface area contributed by atoms with Crippen molar-refractivity contribution in [2.75, 3.05) is 0 Å². The van der Waals surface area contributed by atoms with Crippen molar-refractivity contribution in [1.29, 1.82) is 0 Å². The van der Waals surface area contributed by atoms with E-state index in [1.54, 1.807) is 0 Å². The van der Waals surface area contributed by atoms with Gasteiger partial charge in [-0.05, 0) is 24.7 Å². The molecule has 0 fully saturated rings. The van der Waals surface area contributed by atoms with Crippen molar-refractivity contribution in [3.63, 3.8) is 0 Å². The molecule has 0 aliphatic carbocycles. The van der Waals surface area contributed by atoms with E-state index in [0.29, 0.717) is 12.3 Å². The SMILES string of the molecule is CCCCC(CC)CC(CC)C(=O)[O-]. The standard InChI is InChI=1S/C12H24O2/c1-4-7-8-10(5-2)9-11(6-3)12(13)14/h10-11H,4-9H2,1-3H3,(H,13,14)/p-1. The maximum absolute atomic E-state index is 10.7. The smallest absolute Gasteiger partial charge is 0.0445 e. The van der Waals surface area contributed by atoms with Gasteiger partial charge in [0.05, 0.1) is 0 Å². The first-order valence-electron chi connectivity index (χ1n) is 5.86. The Hall–Kier alpha value is -0.530. The molecule has 0 amide bonds. The predicted molar refractivity (Wildman–Crippen MR) is 56.7 cm³/mol. The van der Waals surface area contributed by atoms with Gasteiger partial charge in [0.1, 0.15) is 0 Å². The molecule has 0 heterocycles. The van der Waals surface area contributed by atoms with Crippen molar-refractivity contribution < 1.29 is 9.90 Å². The summed E-state index contributed by atoms with van der Waals surface area (Å²) >= 11 is 0. The maximum atomic E-state index is 10.7. The summed E-state index contributed by atoms with van der Waals surface area (Å²) in [5.74, 6) is -0.544. The van der Waals surface area contributed by atoms with Gasteiger partial charge < -0.3 is 9.90 Å². The molecule has 0 rings (SSSR count). The highest BCUT2D eigenvalue weighted by molar-refractivity contribution is 5.67. The molecule has 14 heavy (non-hydrogen) atoms. The molecule has 0 N–H and O–H groups in total. The third kappa shape index (κ3) is 5.25. The number of rotatable bonds is 8. The van der Waals surface area contributed by atoms with Gasteiger partial charge in [0.2, 0.25) is 0 Å². The Bertz CT molecular complexity index is 154. The van der Waals surface area contributed by atoms with Crippen molar-refractivity contribution >= 4 is 5.97 Å². The average molecular weight is 199 g/mol. The van der Waals surface area contributed by atoms with E-state index in [-0.39, 0.29) is 5.92 Å². The van der Waals surface area contributed by atoms with Gasteiger partial charge in [0, 0.05) is 5.97 Å². The number of carbonyl (C=O) groups excluding carboxylic acids is 1. The van der Waals surface area contributed by atoms with Crippen LogP contribution in [-0.4, -0.2) is 5.97 Å². The van der Waals surface area contributed by atoms with Gasteiger partial charge in [0.25, 0.3) is 0 Å². The molecule has 2 unspecified atom stereocenters. The number of carboxylic acid groups (broad SMARTS) is 1. The van der Waals surface area contributed by atoms with Crippen LogP contribution >= 0.6 is 0 Å². The summed E-state index contributed by atoms with van der Waals surface area (Å²) < 4.78 is 0. The van der Waals surface area contributed by atoms with Gasteiger partial charge in [-0.2, -0.15) is 0 Å². The molecular weight excluding hydrogens is 176 g/mol. The van der Waals surface area contributed by atoms with E-state index in [9.17, 15) is 9.90 Å². The lowest BCUT2D eigenvalue weighted by molar-refractivity contribution is -0.312. The maximum Gasteiger partial charge on any atom is 0.0445 e. The van der Waals surface area contributed by atoms with E-state index in [2.05, 4.69) is 13.8 Å². The highest BCUT2D eigenvalue weighted by atomic mass is 16.4. The second-order valence-electron chi connectivity index (χ2n) is 4.08. The van der Waals surface area contributed by atoms with Gasteiger partial charge in [-0.3, -0.25) is 0 Å². The highest BCUT2D eigenvalue weighted by Gasteiger charge is 2.14. The molecule has 0 aliphatic heterocycles. The number of hydrogen-bond donors (Lipinski definition) is 0. The zero-order valence-electron chi connectivity index (χ0n) is 9.71. The normalized spacial score (nSPS) is 15.1. The van der Waals surface area contributed by atoms with Crippen molar-refractivity contribution in [1.82, 2.24) is 0 Å². The van der Waals surface area contributed by atoms with Crippen LogP contribution in [0.3, 0.4) is 0 Å². The molecule has 0 aromatic heterocycles. The number of carboxylic acids is 1. The first-order chi connectivity index (χ1) is 6.65. The Kier molecular flexibility index (Phi) is 7.54. The molecule has 0 saturated carbocycles. The Balaban J connectivity index is 3.94. The minimum Gasteiger partial charge on any atom is -0.550 e. The molecular formula is C12H23O2-. The first kappa shape index (κ1) is 13.5. The number of hydrogen-bond acceptors (Lipinski definition) is 2. The molecule has 0 aliphatic rings. The van der Waals surface area contributed by atoms with Crippen LogP contribution < -0.4 is 5.11 Å². The zero-order valence-corrected chi connectivity index (χ0v) is 9.71. The summed E-state index contributed by atoms with van der Waals surface area (Å²) in [5, 5.41) is 10.7. The van der Waals surface area contributed by atoms with Crippen LogP contribution in [0.5, 0.6) is 0 Å². The fraction of sp³-hybridized carbons (Fsp3) is 0.917.